The van der Waals surface area contributed by atoms with E-state index in [9.17, 15) is 4.39 Å². The van der Waals surface area contributed by atoms with E-state index in [0.717, 1.165) is 11.6 Å². The van der Waals surface area contributed by atoms with Crippen LogP contribution < -0.4 is 5.32 Å². The van der Waals surface area contributed by atoms with Gasteiger partial charge in [-0.2, -0.15) is 0 Å². The van der Waals surface area contributed by atoms with Crippen LogP contribution in [0.25, 0.3) is 10.6 Å². The second kappa shape index (κ2) is 6.91. The monoisotopic (exact) mass is 301 g/mol. The largest absolute Gasteiger partial charge is 0.383 e. The molecule has 1 heterocycles. The maximum Gasteiger partial charge on any atom is 0.149 e. The van der Waals surface area contributed by atoms with Gasteiger partial charge >= 0.3 is 0 Å². The van der Waals surface area contributed by atoms with Gasteiger partial charge in [0.1, 0.15) is 15.8 Å². The summed E-state index contributed by atoms with van der Waals surface area (Å²) in [6, 6.07) is 4.66. The number of ether oxygens (including phenoxy) is 1. The Morgan fingerprint density at radius 2 is 2.26 bits per heavy atom. The number of hydrogen-bond acceptors (Lipinski definition) is 5. The number of benzene rings is 1. The Balaban J connectivity index is 2.06. The van der Waals surface area contributed by atoms with E-state index < -0.39 is 5.82 Å². The van der Waals surface area contributed by atoms with Gasteiger partial charge in [-0.25, -0.2) is 4.39 Å². The first-order valence-electron chi connectivity index (χ1n) is 5.69. The van der Waals surface area contributed by atoms with Gasteiger partial charge in [-0.3, -0.25) is 0 Å². The number of nitrogens with one attached hydrogen (secondary N) is 1. The zero-order valence-electron chi connectivity index (χ0n) is 10.3. The molecule has 0 saturated carbocycles. The summed E-state index contributed by atoms with van der Waals surface area (Å²) in [5, 5.41) is 12.8. The molecular weight excluding hydrogens is 289 g/mol. The standard InChI is InChI=1S/C12H13ClFN3OS/c1-18-6-5-15-7-10-16-17-12(19-10)8-3-2-4-9(14)11(8)13/h2-4,15H,5-7H2,1H3. The van der Waals surface area contributed by atoms with E-state index in [1.807, 2.05) is 0 Å². The summed E-state index contributed by atoms with van der Waals surface area (Å²) in [6.45, 7) is 1.99. The van der Waals surface area contributed by atoms with Crippen LogP contribution in [0.1, 0.15) is 5.01 Å². The summed E-state index contributed by atoms with van der Waals surface area (Å²) in [4.78, 5) is 0. The number of halogens is 2. The highest BCUT2D eigenvalue weighted by Crippen LogP contribution is 2.31. The molecule has 1 N–H and O–H groups in total. The van der Waals surface area contributed by atoms with Crippen molar-refractivity contribution in [3.8, 4) is 10.6 Å². The van der Waals surface area contributed by atoms with E-state index in [0.29, 0.717) is 23.7 Å². The van der Waals surface area contributed by atoms with Crippen LogP contribution >= 0.6 is 22.9 Å². The topological polar surface area (TPSA) is 47.0 Å². The maximum atomic E-state index is 13.4. The molecule has 0 radical (unpaired) electrons. The second-order valence-electron chi connectivity index (χ2n) is 3.77. The predicted molar refractivity (Wildman–Crippen MR) is 73.9 cm³/mol. The van der Waals surface area contributed by atoms with Gasteiger partial charge in [-0.1, -0.05) is 35.1 Å². The zero-order chi connectivity index (χ0) is 13.7. The Labute approximate surface area is 119 Å². The average molecular weight is 302 g/mol. The molecule has 102 valence electrons. The second-order valence-corrected chi connectivity index (χ2v) is 5.21. The Hall–Kier alpha value is -1.08. The van der Waals surface area contributed by atoms with Crippen molar-refractivity contribution in [2.75, 3.05) is 20.3 Å². The number of hydrogen-bond donors (Lipinski definition) is 1. The Morgan fingerprint density at radius 1 is 1.42 bits per heavy atom. The highest BCUT2D eigenvalue weighted by atomic mass is 35.5. The number of rotatable bonds is 6. The first-order valence-corrected chi connectivity index (χ1v) is 6.88. The summed E-state index contributed by atoms with van der Waals surface area (Å²) in [6.07, 6.45) is 0. The molecule has 1 aromatic carbocycles. The molecule has 0 bridgehead atoms. The first kappa shape index (κ1) is 14.3. The molecule has 7 heteroatoms. The van der Waals surface area contributed by atoms with Gasteiger partial charge in [0, 0.05) is 25.8 Å². The van der Waals surface area contributed by atoms with Crippen LogP contribution in [0.2, 0.25) is 5.02 Å². The van der Waals surface area contributed by atoms with E-state index >= 15 is 0 Å². The van der Waals surface area contributed by atoms with Crippen LogP contribution in [0.3, 0.4) is 0 Å². The van der Waals surface area contributed by atoms with Crippen molar-refractivity contribution in [3.05, 3.63) is 34.0 Å². The van der Waals surface area contributed by atoms with Gasteiger partial charge in [0.2, 0.25) is 0 Å². The molecule has 0 aliphatic rings. The lowest BCUT2D eigenvalue weighted by molar-refractivity contribution is 0.199. The van der Waals surface area contributed by atoms with Gasteiger partial charge in [0.15, 0.2) is 0 Å². The third kappa shape index (κ3) is 3.70. The summed E-state index contributed by atoms with van der Waals surface area (Å²) in [5.74, 6) is -0.450. The Kier molecular flexibility index (Phi) is 5.21. The predicted octanol–water partition coefficient (Wildman–Crippen LogP) is 2.73. The van der Waals surface area contributed by atoms with Crippen molar-refractivity contribution in [3.63, 3.8) is 0 Å². The quantitative estimate of drug-likeness (QED) is 0.834. The van der Waals surface area contributed by atoms with E-state index in [4.69, 9.17) is 16.3 Å². The van der Waals surface area contributed by atoms with Gasteiger partial charge in [-0.15, -0.1) is 10.2 Å². The van der Waals surface area contributed by atoms with Crippen LogP contribution in [0.5, 0.6) is 0 Å². The Morgan fingerprint density at radius 3 is 3.05 bits per heavy atom. The highest BCUT2D eigenvalue weighted by molar-refractivity contribution is 7.14. The van der Waals surface area contributed by atoms with Crippen molar-refractivity contribution >= 4 is 22.9 Å². The van der Waals surface area contributed by atoms with Gasteiger partial charge in [0.05, 0.1) is 11.6 Å². The average Bonchev–Trinajstić information content (AvgIpc) is 2.87. The molecule has 0 amide bonds. The number of nitrogens with zero attached hydrogens (tertiary/aromatic N) is 2. The lowest BCUT2D eigenvalue weighted by Crippen LogP contribution is -2.18. The molecule has 0 aliphatic heterocycles. The van der Waals surface area contributed by atoms with Gasteiger partial charge in [-0.05, 0) is 6.07 Å². The van der Waals surface area contributed by atoms with Crippen molar-refractivity contribution in [2.45, 2.75) is 6.54 Å². The number of aromatic nitrogens is 2. The van der Waals surface area contributed by atoms with Crippen LogP contribution in [0, 0.1) is 5.82 Å². The fourth-order valence-electron chi connectivity index (χ4n) is 1.47. The zero-order valence-corrected chi connectivity index (χ0v) is 11.9. The van der Waals surface area contributed by atoms with Crippen molar-refractivity contribution in [1.82, 2.24) is 15.5 Å². The molecule has 0 unspecified atom stereocenters. The van der Waals surface area contributed by atoms with Crippen molar-refractivity contribution in [1.29, 1.82) is 0 Å². The fraction of sp³-hybridized carbons (Fsp3) is 0.333. The van der Waals surface area contributed by atoms with Gasteiger partial charge < -0.3 is 10.1 Å². The number of methoxy groups -OCH3 is 1. The summed E-state index contributed by atoms with van der Waals surface area (Å²) < 4.78 is 18.3. The van der Waals surface area contributed by atoms with Crippen molar-refractivity contribution < 1.29 is 9.13 Å². The van der Waals surface area contributed by atoms with Gasteiger partial charge in [0.25, 0.3) is 0 Å². The van der Waals surface area contributed by atoms with Crippen LogP contribution in [0.4, 0.5) is 4.39 Å². The van der Waals surface area contributed by atoms with E-state index in [1.165, 1.54) is 17.4 Å². The molecule has 0 aliphatic carbocycles. The molecule has 1 aromatic heterocycles. The van der Waals surface area contributed by atoms with E-state index in [-0.39, 0.29) is 5.02 Å². The molecule has 0 atom stereocenters. The third-order valence-electron chi connectivity index (χ3n) is 2.41. The minimum atomic E-state index is -0.450. The first-order chi connectivity index (χ1) is 9.22. The van der Waals surface area contributed by atoms with Crippen LogP contribution in [-0.2, 0) is 11.3 Å². The fourth-order valence-corrected chi connectivity index (χ4v) is 2.58. The lowest BCUT2D eigenvalue weighted by atomic mass is 10.2. The summed E-state index contributed by atoms with van der Waals surface area (Å²) >= 11 is 7.30. The molecule has 0 spiro atoms. The maximum absolute atomic E-state index is 13.4. The highest BCUT2D eigenvalue weighted by Gasteiger charge is 2.12. The summed E-state index contributed by atoms with van der Waals surface area (Å²) in [7, 11) is 1.65. The Bertz CT molecular complexity index is 550. The molecular formula is C12H13ClFN3OS. The van der Waals surface area contributed by atoms with E-state index in [2.05, 4.69) is 15.5 Å². The lowest BCUT2D eigenvalue weighted by Gasteiger charge is -2.00. The molecule has 19 heavy (non-hydrogen) atoms. The SMILES string of the molecule is COCCNCc1nnc(-c2cccc(F)c2Cl)s1. The molecule has 0 fully saturated rings. The smallest absolute Gasteiger partial charge is 0.149 e. The molecule has 4 nitrogen and oxygen atoms in total. The molecule has 0 saturated heterocycles. The molecule has 2 rings (SSSR count). The normalized spacial score (nSPS) is 10.9. The van der Waals surface area contributed by atoms with E-state index in [1.54, 1.807) is 19.2 Å². The minimum Gasteiger partial charge on any atom is -0.383 e. The van der Waals surface area contributed by atoms with Crippen LogP contribution in [-0.4, -0.2) is 30.5 Å². The van der Waals surface area contributed by atoms with Crippen LogP contribution in [0.15, 0.2) is 18.2 Å². The van der Waals surface area contributed by atoms with Crippen molar-refractivity contribution in [2.24, 2.45) is 0 Å². The molecule has 2 aromatic rings. The summed E-state index contributed by atoms with van der Waals surface area (Å²) in [5.41, 5.74) is 0.572. The third-order valence-corrected chi connectivity index (χ3v) is 3.75. The minimum absolute atomic E-state index is 0.0811.